The molecule has 0 aromatic carbocycles. The molecular formula is C18H27P. The van der Waals surface area contributed by atoms with Crippen molar-refractivity contribution in [3.63, 3.8) is 0 Å². The highest BCUT2D eigenvalue weighted by Crippen LogP contribution is 2.48. The van der Waals surface area contributed by atoms with Crippen LogP contribution in [0.1, 0.15) is 40.5 Å². The van der Waals surface area contributed by atoms with Crippen LogP contribution in [0.25, 0.3) is 0 Å². The van der Waals surface area contributed by atoms with E-state index in [-0.39, 0.29) is 7.92 Å². The van der Waals surface area contributed by atoms with Crippen molar-refractivity contribution >= 4 is 7.92 Å². The quantitative estimate of drug-likeness (QED) is 0.547. The summed E-state index contributed by atoms with van der Waals surface area (Å²) in [6.07, 6.45) is 16.8. The number of hydrogen-bond donors (Lipinski definition) is 0. The first-order valence-corrected chi connectivity index (χ1v) is 9.53. The van der Waals surface area contributed by atoms with Crippen LogP contribution in [0, 0.1) is 5.92 Å². The Balaban J connectivity index is 2.26. The molecule has 0 saturated carbocycles. The van der Waals surface area contributed by atoms with Crippen molar-refractivity contribution in [3.8, 4) is 0 Å². The van der Waals surface area contributed by atoms with E-state index in [1.165, 1.54) is 25.2 Å². The number of hydrogen-bond acceptors (Lipinski definition) is 0. The first-order chi connectivity index (χ1) is 9.22. The van der Waals surface area contributed by atoms with E-state index in [2.05, 4.69) is 58.1 Å². The predicted octanol–water partition coefficient (Wildman–Crippen LogP) is 5.68. The summed E-state index contributed by atoms with van der Waals surface area (Å²) in [6, 6.07) is 0. The third kappa shape index (κ3) is 2.95. The highest BCUT2D eigenvalue weighted by Gasteiger charge is 2.25. The van der Waals surface area contributed by atoms with Gasteiger partial charge in [0.05, 0.1) is 0 Å². The molecule has 0 aliphatic heterocycles. The van der Waals surface area contributed by atoms with E-state index in [1.807, 2.05) is 0 Å². The normalized spacial score (nSPS) is 23.6. The summed E-state index contributed by atoms with van der Waals surface area (Å²) in [5, 5.41) is 0. The molecule has 0 amide bonds. The van der Waals surface area contributed by atoms with Gasteiger partial charge in [-0.3, -0.25) is 0 Å². The molecule has 0 aromatic heterocycles. The third-order valence-corrected chi connectivity index (χ3v) is 7.63. The van der Waals surface area contributed by atoms with Gasteiger partial charge in [0, 0.05) is 5.92 Å². The monoisotopic (exact) mass is 274 g/mol. The molecule has 0 nitrogen and oxygen atoms in total. The summed E-state index contributed by atoms with van der Waals surface area (Å²) in [7, 11) is 0.167. The minimum atomic E-state index is 0.167. The lowest BCUT2D eigenvalue weighted by Crippen LogP contribution is -2.10. The Labute approximate surface area is 120 Å². The molecule has 0 N–H and O–H groups in total. The van der Waals surface area contributed by atoms with Crippen molar-refractivity contribution in [2.75, 3.05) is 12.3 Å². The van der Waals surface area contributed by atoms with E-state index < -0.39 is 0 Å². The number of allylic oxidation sites excluding steroid dienone is 8. The van der Waals surface area contributed by atoms with Crippen LogP contribution >= 0.6 is 7.92 Å². The Morgan fingerprint density at radius 2 is 2.00 bits per heavy atom. The fraction of sp³-hybridized carbons (Fsp3) is 0.556. The van der Waals surface area contributed by atoms with Crippen LogP contribution < -0.4 is 0 Å². The van der Waals surface area contributed by atoms with Gasteiger partial charge in [-0.05, 0) is 42.0 Å². The zero-order valence-corrected chi connectivity index (χ0v) is 13.7. The largest absolute Gasteiger partial charge is 0.100 e. The molecule has 0 radical (unpaired) electrons. The van der Waals surface area contributed by atoms with Crippen LogP contribution in [0.4, 0.5) is 0 Å². The van der Waals surface area contributed by atoms with Gasteiger partial charge >= 0.3 is 0 Å². The van der Waals surface area contributed by atoms with Crippen LogP contribution in [0.3, 0.4) is 0 Å². The second-order valence-electron chi connectivity index (χ2n) is 5.46. The molecular weight excluding hydrogens is 247 g/mol. The summed E-state index contributed by atoms with van der Waals surface area (Å²) >= 11 is 0. The van der Waals surface area contributed by atoms with Gasteiger partial charge in [0.1, 0.15) is 0 Å². The third-order valence-electron chi connectivity index (χ3n) is 4.60. The van der Waals surface area contributed by atoms with E-state index in [0.717, 1.165) is 5.66 Å². The smallest absolute Gasteiger partial charge is 0.00243 e. The van der Waals surface area contributed by atoms with Gasteiger partial charge in [0.25, 0.3) is 0 Å². The lowest BCUT2D eigenvalue weighted by Gasteiger charge is -2.26. The lowest BCUT2D eigenvalue weighted by atomic mass is 9.91. The van der Waals surface area contributed by atoms with Crippen molar-refractivity contribution in [1.82, 2.24) is 0 Å². The maximum Gasteiger partial charge on any atom is 0.00243 e. The van der Waals surface area contributed by atoms with E-state index >= 15 is 0 Å². The first-order valence-electron chi connectivity index (χ1n) is 7.75. The molecule has 104 valence electrons. The molecule has 0 fully saturated rings. The fourth-order valence-electron chi connectivity index (χ4n) is 3.36. The second-order valence-corrected chi connectivity index (χ2v) is 8.68. The van der Waals surface area contributed by atoms with Crippen molar-refractivity contribution in [2.45, 2.75) is 46.2 Å². The van der Waals surface area contributed by atoms with E-state index in [0.29, 0.717) is 5.92 Å². The minimum Gasteiger partial charge on any atom is -0.100 e. The van der Waals surface area contributed by atoms with Crippen molar-refractivity contribution in [1.29, 1.82) is 0 Å². The molecule has 0 saturated heterocycles. The molecule has 2 aliphatic rings. The maximum absolute atomic E-state index is 2.46. The van der Waals surface area contributed by atoms with Gasteiger partial charge in [-0.1, -0.05) is 63.6 Å². The highest BCUT2D eigenvalue weighted by molar-refractivity contribution is 7.58. The van der Waals surface area contributed by atoms with E-state index in [1.54, 1.807) is 16.7 Å². The number of rotatable bonds is 6. The van der Waals surface area contributed by atoms with Gasteiger partial charge < -0.3 is 0 Å². The average molecular weight is 274 g/mol. The maximum atomic E-state index is 2.46. The summed E-state index contributed by atoms with van der Waals surface area (Å²) < 4.78 is 0. The molecule has 2 aliphatic carbocycles. The predicted molar refractivity (Wildman–Crippen MR) is 89.3 cm³/mol. The Morgan fingerprint density at radius 3 is 2.63 bits per heavy atom. The molecule has 0 spiro atoms. The Kier molecular flexibility index (Phi) is 5.22. The van der Waals surface area contributed by atoms with Gasteiger partial charge in [0.15, 0.2) is 0 Å². The lowest BCUT2D eigenvalue weighted by molar-refractivity contribution is 0.746. The Bertz CT molecular complexity index is 433. The van der Waals surface area contributed by atoms with Gasteiger partial charge in [-0.2, -0.15) is 0 Å². The summed E-state index contributed by atoms with van der Waals surface area (Å²) in [4.78, 5) is 0. The summed E-state index contributed by atoms with van der Waals surface area (Å²) in [6.45, 7) is 9.48. The molecule has 2 rings (SSSR count). The molecule has 0 heterocycles. The van der Waals surface area contributed by atoms with Crippen LogP contribution in [0.15, 0.2) is 47.1 Å². The Morgan fingerprint density at radius 1 is 1.26 bits per heavy atom. The van der Waals surface area contributed by atoms with Gasteiger partial charge in [-0.25, -0.2) is 0 Å². The topological polar surface area (TPSA) is 0 Å². The van der Waals surface area contributed by atoms with Crippen LogP contribution in [-0.4, -0.2) is 18.0 Å². The molecule has 1 heteroatoms. The van der Waals surface area contributed by atoms with Gasteiger partial charge in [-0.15, -0.1) is 7.92 Å². The summed E-state index contributed by atoms with van der Waals surface area (Å²) in [5.74, 6) is 0.648. The zero-order valence-electron chi connectivity index (χ0n) is 12.8. The van der Waals surface area contributed by atoms with E-state index in [4.69, 9.17) is 0 Å². The summed E-state index contributed by atoms with van der Waals surface area (Å²) in [5.41, 5.74) is 5.64. The highest BCUT2D eigenvalue weighted by atomic mass is 31.1. The average Bonchev–Trinajstić information content (AvgIpc) is 3.07. The Hall–Kier alpha value is -0.610. The zero-order chi connectivity index (χ0) is 13.8. The standard InChI is InChI=1S/C18H27P/c1-5-15-10-8-12-17(15)18-13-9-11-16(18)14(4)19(6-2)7-3/h8-10,12-15H,5-7,11H2,1-4H3/t14-,15?/m0/s1. The second kappa shape index (κ2) is 6.71. The molecule has 0 aromatic rings. The molecule has 0 bridgehead atoms. The van der Waals surface area contributed by atoms with E-state index in [9.17, 15) is 0 Å². The van der Waals surface area contributed by atoms with Crippen LogP contribution in [0.5, 0.6) is 0 Å². The SMILES string of the molecule is CCC1C=CC=C1C1=C([C@H](C)P(CC)CC)CC=C1. The van der Waals surface area contributed by atoms with Crippen molar-refractivity contribution < 1.29 is 0 Å². The van der Waals surface area contributed by atoms with Crippen molar-refractivity contribution in [2.24, 2.45) is 5.92 Å². The molecule has 19 heavy (non-hydrogen) atoms. The minimum absolute atomic E-state index is 0.167. The molecule has 2 atom stereocenters. The first kappa shape index (κ1) is 14.8. The van der Waals surface area contributed by atoms with Crippen LogP contribution in [-0.2, 0) is 0 Å². The fourth-order valence-corrected chi connectivity index (χ4v) is 5.58. The molecule has 1 unspecified atom stereocenters. The van der Waals surface area contributed by atoms with Gasteiger partial charge in [0.2, 0.25) is 0 Å². The van der Waals surface area contributed by atoms with Crippen molar-refractivity contribution in [3.05, 3.63) is 47.1 Å². The van der Waals surface area contributed by atoms with Crippen LogP contribution in [0.2, 0.25) is 0 Å².